The van der Waals surface area contributed by atoms with Crippen LogP contribution in [-0.2, 0) is 11.3 Å². The van der Waals surface area contributed by atoms with Crippen LogP contribution in [0.5, 0.6) is 0 Å². The number of halogens is 1. The van der Waals surface area contributed by atoms with E-state index in [0.717, 1.165) is 32.2 Å². The molecule has 2 rings (SSSR count). The molecule has 0 amide bonds. The molecule has 2 nitrogen and oxygen atoms in total. The van der Waals surface area contributed by atoms with Crippen molar-refractivity contribution in [2.24, 2.45) is 5.92 Å². The average molecular weight is 323 g/mol. The van der Waals surface area contributed by atoms with E-state index in [9.17, 15) is 0 Å². The molecule has 78 valence electrons. The lowest BCUT2D eigenvalue weighted by Crippen LogP contribution is -2.22. The number of hydrogen-bond donors (Lipinski definition) is 1. The zero-order valence-electron chi connectivity index (χ0n) is 7.96. The maximum atomic E-state index is 5.33. The van der Waals surface area contributed by atoms with E-state index in [0.29, 0.717) is 0 Å². The first-order valence-electron chi connectivity index (χ1n) is 4.86. The minimum absolute atomic E-state index is 0.731. The number of rotatable bonds is 4. The van der Waals surface area contributed by atoms with Gasteiger partial charge < -0.3 is 10.1 Å². The monoisotopic (exact) mass is 323 g/mol. The smallest absolute Gasteiger partial charge is 0.0507 e. The zero-order chi connectivity index (χ0) is 9.80. The van der Waals surface area contributed by atoms with Crippen LogP contribution in [0, 0.1) is 9.49 Å². The third-order valence-corrected chi connectivity index (χ3v) is 4.36. The standard InChI is InChI=1S/C10H14INOS/c11-9-3-10(14-7-9)5-12-4-8-1-2-13-6-8/h3,7-8,12H,1-2,4-6H2. The second-order valence-electron chi connectivity index (χ2n) is 3.59. The number of ether oxygens (including phenoxy) is 1. The molecule has 0 saturated carbocycles. The van der Waals surface area contributed by atoms with Crippen molar-refractivity contribution in [2.75, 3.05) is 19.8 Å². The Morgan fingerprint density at radius 3 is 3.21 bits per heavy atom. The highest BCUT2D eigenvalue weighted by Gasteiger charge is 2.14. The van der Waals surface area contributed by atoms with E-state index in [1.807, 2.05) is 11.3 Å². The van der Waals surface area contributed by atoms with Gasteiger partial charge in [-0.1, -0.05) is 0 Å². The molecule has 0 aliphatic carbocycles. The van der Waals surface area contributed by atoms with Crippen molar-refractivity contribution in [3.05, 3.63) is 19.9 Å². The van der Waals surface area contributed by atoms with Gasteiger partial charge in [0.2, 0.25) is 0 Å². The molecule has 1 N–H and O–H groups in total. The molecule has 1 fully saturated rings. The van der Waals surface area contributed by atoms with Crippen molar-refractivity contribution in [2.45, 2.75) is 13.0 Å². The Morgan fingerprint density at radius 2 is 2.57 bits per heavy atom. The Balaban J connectivity index is 1.67. The summed E-state index contributed by atoms with van der Waals surface area (Å²) in [7, 11) is 0. The summed E-state index contributed by atoms with van der Waals surface area (Å²) >= 11 is 4.18. The highest BCUT2D eigenvalue weighted by molar-refractivity contribution is 14.1. The Kier molecular flexibility index (Phi) is 4.22. The van der Waals surface area contributed by atoms with Crippen LogP contribution in [0.1, 0.15) is 11.3 Å². The number of thiophene rings is 1. The largest absolute Gasteiger partial charge is 0.381 e. The van der Waals surface area contributed by atoms with E-state index in [1.165, 1.54) is 14.9 Å². The molecular formula is C10H14INOS. The van der Waals surface area contributed by atoms with Gasteiger partial charge in [0.1, 0.15) is 0 Å². The highest BCUT2D eigenvalue weighted by Crippen LogP contribution is 2.16. The normalized spacial score (nSPS) is 21.6. The van der Waals surface area contributed by atoms with Gasteiger partial charge in [-0.15, -0.1) is 11.3 Å². The van der Waals surface area contributed by atoms with Crippen molar-refractivity contribution in [3.63, 3.8) is 0 Å². The summed E-state index contributed by atoms with van der Waals surface area (Å²) in [6.45, 7) is 3.98. The Labute approximate surface area is 102 Å². The highest BCUT2D eigenvalue weighted by atomic mass is 127. The summed E-state index contributed by atoms with van der Waals surface area (Å²) < 4.78 is 6.67. The quantitative estimate of drug-likeness (QED) is 0.860. The van der Waals surface area contributed by atoms with E-state index < -0.39 is 0 Å². The van der Waals surface area contributed by atoms with E-state index in [1.54, 1.807) is 0 Å². The first-order valence-corrected chi connectivity index (χ1v) is 6.82. The van der Waals surface area contributed by atoms with Crippen LogP contribution in [0.25, 0.3) is 0 Å². The van der Waals surface area contributed by atoms with Gasteiger partial charge in [-0.3, -0.25) is 0 Å². The molecule has 0 aromatic carbocycles. The van der Waals surface area contributed by atoms with E-state index in [2.05, 4.69) is 39.4 Å². The van der Waals surface area contributed by atoms with Crippen molar-refractivity contribution >= 4 is 33.9 Å². The average Bonchev–Trinajstić information content (AvgIpc) is 2.77. The Morgan fingerprint density at radius 1 is 1.64 bits per heavy atom. The van der Waals surface area contributed by atoms with Gasteiger partial charge in [-0.2, -0.15) is 0 Å². The molecular weight excluding hydrogens is 309 g/mol. The SMILES string of the molecule is Ic1csc(CNCC2CCOC2)c1. The maximum absolute atomic E-state index is 5.33. The van der Waals surface area contributed by atoms with Gasteiger partial charge in [0.15, 0.2) is 0 Å². The molecule has 2 heterocycles. The van der Waals surface area contributed by atoms with Crippen molar-refractivity contribution < 1.29 is 4.74 Å². The molecule has 1 aromatic rings. The fourth-order valence-electron chi connectivity index (χ4n) is 1.59. The molecule has 14 heavy (non-hydrogen) atoms. The molecule has 4 heteroatoms. The van der Waals surface area contributed by atoms with Crippen molar-refractivity contribution in [1.29, 1.82) is 0 Å². The summed E-state index contributed by atoms with van der Waals surface area (Å²) in [5.41, 5.74) is 0. The van der Waals surface area contributed by atoms with Crippen LogP contribution in [0.15, 0.2) is 11.4 Å². The fraction of sp³-hybridized carbons (Fsp3) is 0.600. The van der Waals surface area contributed by atoms with Crippen LogP contribution in [0.2, 0.25) is 0 Å². The molecule has 1 saturated heterocycles. The summed E-state index contributed by atoms with van der Waals surface area (Å²) in [5.74, 6) is 0.731. The summed E-state index contributed by atoms with van der Waals surface area (Å²) in [5, 5.41) is 5.67. The molecule has 1 aliphatic heterocycles. The topological polar surface area (TPSA) is 21.3 Å². The molecule has 0 radical (unpaired) electrons. The summed E-state index contributed by atoms with van der Waals surface area (Å²) in [6.07, 6.45) is 1.22. The van der Waals surface area contributed by atoms with Crippen LogP contribution in [0.3, 0.4) is 0 Å². The predicted molar refractivity (Wildman–Crippen MR) is 67.7 cm³/mol. The molecule has 1 unspecified atom stereocenters. The minimum Gasteiger partial charge on any atom is -0.381 e. The van der Waals surface area contributed by atoms with E-state index >= 15 is 0 Å². The summed E-state index contributed by atoms with van der Waals surface area (Å²) in [4.78, 5) is 1.42. The second-order valence-corrected chi connectivity index (χ2v) is 5.83. The van der Waals surface area contributed by atoms with Gasteiger partial charge in [0.25, 0.3) is 0 Å². The molecule has 0 bridgehead atoms. The third-order valence-electron chi connectivity index (χ3n) is 2.38. The van der Waals surface area contributed by atoms with Crippen LogP contribution in [-0.4, -0.2) is 19.8 Å². The third kappa shape index (κ3) is 3.18. The zero-order valence-corrected chi connectivity index (χ0v) is 10.9. The molecule has 1 atom stereocenters. The lowest BCUT2D eigenvalue weighted by Gasteiger charge is -2.07. The Hall–Kier alpha value is 0.350. The van der Waals surface area contributed by atoms with Crippen LogP contribution in [0.4, 0.5) is 0 Å². The van der Waals surface area contributed by atoms with Gasteiger partial charge in [0.05, 0.1) is 6.61 Å². The lowest BCUT2D eigenvalue weighted by atomic mass is 10.1. The molecule has 0 spiro atoms. The van der Waals surface area contributed by atoms with Gasteiger partial charge in [-0.25, -0.2) is 0 Å². The van der Waals surface area contributed by atoms with Gasteiger partial charge in [-0.05, 0) is 41.0 Å². The van der Waals surface area contributed by atoms with E-state index in [4.69, 9.17) is 4.74 Å². The van der Waals surface area contributed by atoms with Gasteiger partial charge in [0, 0.05) is 33.5 Å². The Bertz CT molecular complexity index is 283. The van der Waals surface area contributed by atoms with E-state index in [-0.39, 0.29) is 0 Å². The molecule has 1 aliphatic rings. The molecule has 1 aromatic heterocycles. The first kappa shape index (κ1) is 10.9. The number of nitrogens with one attached hydrogen (secondary N) is 1. The summed E-state index contributed by atoms with van der Waals surface area (Å²) in [6, 6.07) is 2.24. The lowest BCUT2D eigenvalue weighted by molar-refractivity contribution is 0.185. The van der Waals surface area contributed by atoms with Crippen molar-refractivity contribution in [3.8, 4) is 0 Å². The number of hydrogen-bond acceptors (Lipinski definition) is 3. The van der Waals surface area contributed by atoms with Gasteiger partial charge >= 0.3 is 0 Å². The van der Waals surface area contributed by atoms with Crippen LogP contribution < -0.4 is 5.32 Å². The maximum Gasteiger partial charge on any atom is 0.0507 e. The fourth-order valence-corrected chi connectivity index (χ4v) is 3.27. The van der Waals surface area contributed by atoms with Crippen molar-refractivity contribution in [1.82, 2.24) is 5.32 Å². The first-order chi connectivity index (χ1) is 6.84. The minimum atomic E-state index is 0.731. The second kappa shape index (κ2) is 5.44. The predicted octanol–water partition coefficient (Wildman–Crippen LogP) is 2.48. The van der Waals surface area contributed by atoms with Crippen LogP contribution >= 0.6 is 33.9 Å².